The Morgan fingerprint density at radius 3 is 2.42 bits per heavy atom. The van der Waals surface area contributed by atoms with Crippen LogP contribution >= 0.6 is 0 Å². The molecule has 2 aliphatic heterocycles. The van der Waals surface area contributed by atoms with Crippen molar-refractivity contribution in [2.24, 2.45) is 0 Å². The number of carbonyl (C=O) groups excluding carboxylic acids is 1. The third-order valence-corrected chi connectivity index (χ3v) is 5.01. The summed E-state index contributed by atoms with van der Waals surface area (Å²) in [6, 6.07) is 16.2. The summed E-state index contributed by atoms with van der Waals surface area (Å²) in [7, 11) is 0. The van der Waals surface area contributed by atoms with Crippen LogP contribution in [-0.4, -0.2) is 46.6 Å². The maximum absolute atomic E-state index is 12.4. The summed E-state index contributed by atoms with van der Waals surface area (Å²) in [6.07, 6.45) is 0.505. The number of benzene rings is 2. The van der Waals surface area contributed by atoms with Gasteiger partial charge in [0, 0.05) is 38.3 Å². The van der Waals surface area contributed by atoms with Crippen molar-refractivity contribution in [3.63, 3.8) is 0 Å². The molecule has 2 aliphatic rings. The zero-order valence-corrected chi connectivity index (χ0v) is 13.7. The van der Waals surface area contributed by atoms with Crippen molar-refractivity contribution in [2.45, 2.75) is 25.6 Å². The van der Waals surface area contributed by atoms with Crippen LogP contribution in [0.15, 0.2) is 48.5 Å². The Balaban J connectivity index is 1.35. The molecule has 0 radical (unpaired) electrons. The third kappa shape index (κ3) is 2.95. The molecule has 2 heterocycles. The molecule has 1 atom stereocenters. The highest BCUT2D eigenvalue weighted by Crippen LogP contribution is 2.23. The molecule has 24 heavy (non-hydrogen) atoms. The van der Waals surface area contributed by atoms with Crippen LogP contribution < -0.4 is 0 Å². The lowest BCUT2D eigenvalue weighted by atomic mass is 10.00. The van der Waals surface area contributed by atoms with Gasteiger partial charge in [0.1, 0.15) is 0 Å². The maximum atomic E-state index is 12.4. The summed E-state index contributed by atoms with van der Waals surface area (Å²) in [5.41, 5.74) is 4.59. The predicted molar refractivity (Wildman–Crippen MR) is 92.6 cm³/mol. The molecule has 0 aliphatic carbocycles. The topological polar surface area (TPSA) is 43.8 Å². The zero-order chi connectivity index (χ0) is 16.5. The molecule has 1 amide bonds. The molecule has 4 heteroatoms. The molecular weight excluding hydrogens is 300 g/mol. The fraction of sp³-hybridized carbons (Fsp3) is 0.350. The quantitative estimate of drug-likeness (QED) is 0.937. The van der Waals surface area contributed by atoms with E-state index in [-0.39, 0.29) is 5.91 Å². The molecule has 4 rings (SSSR count). The molecule has 1 N–H and O–H groups in total. The van der Waals surface area contributed by atoms with Crippen LogP contribution in [-0.2, 0) is 19.5 Å². The lowest BCUT2D eigenvalue weighted by Gasteiger charge is -2.31. The lowest BCUT2D eigenvalue weighted by molar-refractivity contribution is 0.0526. The normalized spacial score (nSPS) is 18.4. The van der Waals surface area contributed by atoms with Gasteiger partial charge in [0.15, 0.2) is 0 Å². The van der Waals surface area contributed by atoms with Crippen LogP contribution in [0.4, 0.5) is 0 Å². The number of hydrogen-bond donors (Lipinski definition) is 1. The Morgan fingerprint density at radius 1 is 0.917 bits per heavy atom. The smallest absolute Gasteiger partial charge is 0.254 e. The zero-order valence-electron chi connectivity index (χ0n) is 13.7. The van der Waals surface area contributed by atoms with Crippen LogP contribution in [0.3, 0.4) is 0 Å². The van der Waals surface area contributed by atoms with Gasteiger partial charge in [-0.3, -0.25) is 9.69 Å². The number of aliphatic hydroxyl groups excluding tert-OH is 1. The highest BCUT2D eigenvalue weighted by molar-refractivity contribution is 5.98. The van der Waals surface area contributed by atoms with E-state index in [0.29, 0.717) is 19.6 Å². The van der Waals surface area contributed by atoms with Gasteiger partial charge in [-0.05, 0) is 29.2 Å². The first-order chi connectivity index (χ1) is 11.7. The summed E-state index contributed by atoms with van der Waals surface area (Å²) >= 11 is 0. The second-order valence-electron chi connectivity index (χ2n) is 6.75. The first-order valence-electron chi connectivity index (χ1n) is 8.55. The van der Waals surface area contributed by atoms with Crippen molar-refractivity contribution in [1.29, 1.82) is 0 Å². The highest BCUT2D eigenvalue weighted by atomic mass is 16.3. The van der Waals surface area contributed by atoms with Gasteiger partial charge in [0.2, 0.25) is 0 Å². The SMILES string of the molecule is O=C1c2ccccc2CN1C[C@H](O)CN1CCc2ccccc2C1. The minimum atomic E-state index is -0.520. The van der Waals surface area contributed by atoms with Crippen molar-refractivity contribution in [3.05, 3.63) is 70.8 Å². The molecule has 0 fully saturated rings. The van der Waals surface area contributed by atoms with Crippen molar-refractivity contribution in [3.8, 4) is 0 Å². The van der Waals surface area contributed by atoms with Crippen LogP contribution in [0.2, 0.25) is 0 Å². The van der Waals surface area contributed by atoms with E-state index in [1.54, 1.807) is 4.90 Å². The first kappa shape index (κ1) is 15.4. The minimum Gasteiger partial charge on any atom is -0.390 e. The number of rotatable bonds is 4. The number of carbonyl (C=O) groups is 1. The fourth-order valence-corrected chi connectivity index (χ4v) is 3.78. The molecule has 0 spiro atoms. The minimum absolute atomic E-state index is 0.0358. The third-order valence-electron chi connectivity index (χ3n) is 5.01. The number of aliphatic hydroxyl groups is 1. The average Bonchev–Trinajstić information content (AvgIpc) is 2.91. The summed E-state index contributed by atoms with van der Waals surface area (Å²) in [6.45, 7) is 3.44. The van der Waals surface area contributed by atoms with Crippen molar-refractivity contribution < 1.29 is 9.90 Å². The Morgan fingerprint density at radius 2 is 1.62 bits per heavy atom. The molecule has 0 bridgehead atoms. The molecule has 0 saturated carbocycles. The number of nitrogens with zero attached hydrogens (tertiary/aromatic N) is 2. The van der Waals surface area contributed by atoms with Gasteiger partial charge in [-0.1, -0.05) is 42.5 Å². The molecular formula is C20H22N2O2. The van der Waals surface area contributed by atoms with Gasteiger partial charge >= 0.3 is 0 Å². The highest BCUT2D eigenvalue weighted by Gasteiger charge is 2.29. The van der Waals surface area contributed by atoms with Gasteiger partial charge in [0.25, 0.3) is 5.91 Å². The maximum Gasteiger partial charge on any atom is 0.254 e. The van der Waals surface area contributed by atoms with Gasteiger partial charge in [-0.2, -0.15) is 0 Å². The summed E-state index contributed by atoms with van der Waals surface area (Å²) in [5, 5.41) is 10.5. The van der Waals surface area contributed by atoms with Gasteiger partial charge in [0.05, 0.1) is 6.10 Å². The van der Waals surface area contributed by atoms with E-state index in [9.17, 15) is 9.90 Å². The largest absolute Gasteiger partial charge is 0.390 e. The second-order valence-corrected chi connectivity index (χ2v) is 6.75. The van der Waals surface area contributed by atoms with E-state index >= 15 is 0 Å². The summed E-state index contributed by atoms with van der Waals surface area (Å²) in [5.74, 6) is 0.0358. The van der Waals surface area contributed by atoms with E-state index in [1.165, 1.54) is 11.1 Å². The molecule has 2 aromatic rings. The average molecular weight is 322 g/mol. The number of β-amino-alcohol motifs (C(OH)–C–C–N with tert-alkyl or cyclic N) is 1. The fourth-order valence-electron chi connectivity index (χ4n) is 3.78. The van der Waals surface area contributed by atoms with Gasteiger partial charge in [-0.15, -0.1) is 0 Å². The molecule has 0 unspecified atom stereocenters. The molecule has 2 aromatic carbocycles. The van der Waals surface area contributed by atoms with Crippen LogP contribution in [0.25, 0.3) is 0 Å². The standard InChI is InChI=1S/C20H22N2O2/c23-18(13-21-10-9-15-5-1-2-6-16(15)11-21)14-22-12-17-7-3-4-8-19(17)20(22)24/h1-8,18,23H,9-14H2/t18-/m1/s1. The summed E-state index contributed by atoms with van der Waals surface area (Å²) in [4.78, 5) is 16.4. The van der Waals surface area contributed by atoms with Gasteiger partial charge in [-0.25, -0.2) is 0 Å². The Labute approximate surface area is 142 Å². The van der Waals surface area contributed by atoms with E-state index in [1.807, 2.05) is 24.3 Å². The van der Waals surface area contributed by atoms with Crippen LogP contribution in [0.1, 0.15) is 27.0 Å². The number of hydrogen-bond acceptors (Lipinski definition) is 3. The Hall–Kier alpha value is -2.17. The van der Waals surface area contributed by atoms with Crippen LogP contribution in [0, 0.1) is 0 Å². The van der Waals surface area contributed by atoms with E-state index in [4.69, 9.17) is 0 Å². The van der Waals surface area contributed by atoms with Crippen LogP contribution in [0.5, 0.6) is 0 Å². The van der Waals surface area contributed by atoms with Crippen molar-refractivity contribution >= 4 is 5.91 Å². The van der Waals surface area contributed by atoms with E-state index < -0.39 is 6.10 Å². The van der Waals surface area contributed by atoms with E-state index in [0.717, 1.165) is 30.6 Å². The summed E-state index contributed by atoms with van der Waals surface area (Å²) < 4.78 is 0. The molecule has 124 valence electrons. The molecule has 0 saturated heterocycles. The van der Waals surface area contributed by atoms with Crippen molar-refractivity contribution in [2.75, 3.05) is 19.6 Å². The van der Waals surface area contributed by atoms with E-state index in [2.05, 4.69) is 29.2 Å². The second kappa shape index (κ2) is 6.38. The Kier molecular flexibility index (Phi) is 4.08. The number of fused-ring (bicyclic) bond motifs is 2. The van der Waals surface area contributed by atoms with Crippen molar-refractivity contribution in [1.82, 2.24) is 9.80 Å². The molecule has 0 aromatic heterocycles. The Bertz CT molecular complexity index is 759. The van der Waals surface area contributed by atoms with Gasteiger partial charge < -0.3 is 10.0 Å². The lowest BCUT2D eigenvalue weighted by Crippen LogP contribution is -2.42. The monoisotopic (exact) mass is 322 g/mol. The number of amides is 1. The molecule has 4 nitrogen and oxygen atoms in total. The predicted octanol–water partition coefficient (Wildman–Crippen LogP) is 2.06. The first-order valence-corrected chi connectivity index (χ1v) is 8.55.